The number of hydrogen-bond donors (Lipinski definition) is 0. The molecule has 1 aromatic carbocycles. The Morgan fingerprint density at radius 3 is 2.67 bits per heavy atom. The Labute approximate surface area is 105 Å². The highest BCUT2D eigenvalue weighted by Crippen LogP contribution is 2.29. The van der Waals surface area contributed by atoms with E-state index in [4.69, 9.17) is 9.47 Å². The summed E-state index contributed by atoms with van der Waals surface area (Å²) in [6.45, 7) is 4.11. The number of nitro groups is 1. The van der Waals surface area contributed by atoms with Gasteiger partial charge in [-0.2, -0.15) is 0 Å². The Kier molecular flexibility index (Phi) is 5.10. The average molecular weight is 253 g/mol. The van der Waals surface area contributed by atoms with Crippen LogP contribution in [0, 0.1) is 10.1 Å². The molecule has 0 saturated heterocycles. The Morgan fingerprint density at radius 1 is 1.39 bits per heavy atom. The molecule has 0 heterocycles. The SMILES string of the molecule is CCCOC(=O)c1c(OCC)cccc1[N+](=O)[O-]. The van der Waals surface area contributed by atoms with Gasteiger partial charge in [0.15, 0.2) is 5.56 Å². The van der Waals surface area contributed by atoms with Crippen molar-refractivity contribution < 1.29 is 19.2 Å². The van der Waals surface area contributed by atoms with Crippen LogP contribution in [0.25, 0.3) is 0 Å². The number of nitro benzene ring substituents is 1. The third kappa shape index (κ3) is 3.19. The van der Waals surface area contributed by atoms with Gasteiger partial charge in [0.05, 0.1) is 18.1 Å². The lowest BCUT2D eigenvalue weighted by Gasteiger charge is -2.09. The van der Waals surface area contributed by atoms with Crippen molar-refractivity contribution in [2.75, 3.05) is 13.2 Å². The molecule has 0 aliphatic rings. The molecule has 6 nitrogen and oxygen atoms in total. The molecule has 0 amide bonds. The summed E-state index contributed by atoms with van der Waals surface area (Å²) in [4.78, 5) is 22.1. The summed E-state index contributed by atoms with van der Waals surface area (Å²) in [6.07, 6.45) is 0.649. The second kappa shape index (κ2) is 6.58. The Morgan fingerprint density at radius 2 is 2.11 bits per heavy atom. The summed E-state index contributed by atoms with van der Waals surface area (Å²) in [5.74, 6) is -0.555. The number of carbonyl (C=O) groups excluding carboxylic acids is 1. The van der Waals surface area contributed by atoms with Crippen LogP contribution in [0.2, 0.25) is 0 Å². The smallest absolute Gasteiger partial charge is 0.349 e. The van der Waals surface area contributed by atoms with Crippen LogP contribution in [-0.4, -0.2) is 24.1 Å². The molecule has 0 unspecified atom stereocenters. The first-order valence-electron chi connectivity index (χ1n) is 5.69. The Bertz CT molecular complexity index is 444. The molecule has 0 aromatic heterocycles. The maximum Gasteiger partial charge on any atom is 0.349 e. The molecular weight excluding hydrogens is 238 g/mol. The molecule has 1 rings (SSSR count). The predicted octanol–water partition coefficient (Wildman–Crippen LogP) is 2.56. The quantitative estimate of drug-likeness (QED) is 0.442. The van der Waals surface area contributed by atoms with E-state index in [0.717, 1.165) is 0 Å². The van der Waals surface area contributed by atoms with Crippen molar-refractivity contribution in [1.82, 2.24) is 0 Å². The van der Waals surface area contributed by atoms with Crippen molar-refractivity contribution in [3.05, 3.63) is 33.9 Å². The van der Waals surface area contributed by atoms with Crippen LogP contribution < -0.4 is 4.74 Å². The van der Waals surface area contributed by atoms with E-state index in [9.17, 15) is 14.9 Å². The first-order chi connectivity index (χ1) is 8.61. The molecule has 0 atom stereocenters. The Hall–Kier alpha value is -2.11. The zero-order valence-corrected chi connectivity index (χ0v) is 10.3. The predicted molar refractivity (Wildman–Crippen MR) is 64.8 cm³/mol. The van der Waals surface area contributed by atoms with Gasteiger partial charge in [-0.05, 0) is 19.4 Å². The molecule has 0 spiro atoms. The zero-order chi connectivity index (χ0) is 13.5. The van der Waals surface area contributed by atoms with Crippen LogP contribution in [0.4, 0.5) is 5.69 Å². The minimum atomic E-state index is -0.729. The van der Waals surface area contributed by atoms with E-state index < -0.39 is 10.9 Å². The summed E-state index contributed by atoms with van der Waals surface area (Å²) in [6, 6.07) is 4.24. The molecule has 0 aliphatic carbocycles. The van der Waals surface area contributed by atoms with E-state index >= 15 is 0 Å². The molecule has 0 fully saturated rings. The average Bonchev–Trinajstić information content (AvgIpc) is 2.36. The van der Waals surface area contributed by atoms with Crippen LogP contribution in [-0.2, 0) is 4.74 Å². The number of hydrogen-bond acceptors (Lipinski definition) is 5. The highest BCUT2D eigenvalue weighted by Gasteiger charge is 2.26. The normalized spacial score (nSPS) is 9.89. The molecule has 1 aromatic rings. The first kappa shape index (κ1) is 14.0. The van der Waals surface area contributed by atoms with Crippen molar-refractivity contribution in [3.63, 3.8) is 0 Å². The summed E-state index contributed by atoms with van der Waals surface area (Å²) in [5.41, 5.74) is -0.431. The van der Waals surface area contributed by atoms with Crippen molar-refractivity contribution in [2.45, 2.75) is 20.3 Å². The lowest BCUT2D eigenvalue weighted by Crippen LogP contribution is -2.11. The monoisotopic (exact) mass is 253 g/mol. The lowest BCUT2D eigenvalue weighted by molar-refractivity contribution is -0.385. The van der Waals surface area contributed by atoms with E-state index in [1.54, 1.807) is 6.92 Å². The van der Waals surface area contributed by atoms with Crippen LogP contribution in [0.5, 0.6) is 5.75 Å². The molecular formula is C12H15NO5. The third-order valence-corrected chi connectivity index (χ3v) is 2.14. The highest BCUT2D eigenvalue weighted by molar-refractivity contribution is 5.97. The number of esters is 1. The number of carbonyl (C=O) groups is 1. The number of ether oxygens (including phenoxy) is 2. The van der Waals surface area contributed by atoms with Gasteiger partial charge < -0.3 is 9.47 Å². The van der Waals surface area contributed by atoms with Crippen LogP contribution in [0.3, 0.4) is 0 Å². The van der Waals surface area contributed by atoms with Gasteiger partial charge in [0.2, 0.25) is 0 Å². The van der Waals surface area contributed by atoms with Gasteiger partial charge in [-0.3, -0.25) is 10.1 Å². The minimum absolute atomic E-state index is 0.127. The summed E-state index contributed by atoms with van der Waals surface area (Å²) in [7, 11) is 0. The van der Waals surface area contributed by atoms with Gasteiger partial charge in [-0.15, -0.1) is 0 Å². The van der Waals surface area contributed by atoms with Crippen molar-refractivity contribution in [3.8, 4) is 5.75 Å². The molecule has 6 heteroatoms. The maximum atomic E-state index is 11.8. The second-order valence-corrected chi connectivity index (χ2v) is 3.48. The van der Waals surface area contributed by atoms with Crippen LogP contribution in [0.1, 0.15) is 30.6 Å². The number of nitrogens with zero attached hydrogens (tertiary/aromatic N) is 1. The van der Waals surface area contributed by atoms with E-state index in [0.29, 0.717) is 13.0 Å². The van der Waals surface area contributed by atoms with E-state index in [-0.39, 0.29) is 23.6 Å². The summed E-state index contributed by atoms with van der Waals surface area (Å²) in [5, 5.41) is 10.9. The van der Waals surface area contributed by atoms with E-state index in [2.05, 4.69) is 0 Å². The second-order valence-electron chi connectivity index (χ2n) is 3.48. The third-order valence-electron chi connectivity index (χ3n) is 2.14. The maximum absolute atomic E-state index is 11.8. The van der Waals surface area contributed by atoms with Gasteiger partial charge in [0.1, 0.15) is 5.75 Å². The number of rotatable bonds is 6. The molecule has 0 saturated carbocycles. The highest BCUT2D eigenvalue weighted by atomic mass is 16.6. The van der Waals surface area contributed by atoms with Gasteiger partial charge in [-0.1, -0.05) is 13.0 Å². The van der Waals surface area contributed by atoms with Crippen LogP contribution >= 0.6 is 0 Å². The fourth-order valence-electron chi connectivity index (χ4n) is 1.42. The standard InChI is InChI=1S/C12H15NO5/c1-3-8-18-12(14)11-9(13(15)16)6-5-7-10(11)17-4-2/h5-7H,3-4,8H2,1-2H3. The van der Waals surface area contributed by atoms with Gasteiger partial charge in [0.25, 0.3) is 5.69 Å². The van der Waals surface area contributed by atoms with E-state index in [1.165, 1.54) is 18.2 Å². The lowest BCUT2D eigenvalue weighted by atomic mass is 10.1. The largest absolute Gasteiger partial charge is 0.493 e. The zero-order valence-electron chi connectivity index (χ0n) is 10.3. The molecule has 0 N–H and O–H groups in total. The summed E-state index contributed by atoms with van der Waals surface area (Å²) >= 11 is 0. The van der Waals surface area contributed by atoms with Crippen molar-refractivity contribution >= 4 is 11.7 Å². The van der Waals surface area contributed by atoms with Crippen LogP contribution in [0.15, 0.2) is 18.2 Å². The van der Waals surface area contributed by atoms with E-state index in [1.807, 2.05) is 6.92 Å². The fraction of sp³-hybridized carbons (Fsp3) is 0.417. The fourth-order valence-corrected chi connectivity index (χ4v) is 1.42. The molecule has 98 valence electrons. The molecule has 18 heavy (non-hydrogen) atoms. The Balaban J connectivity index is 3.17. The molecule has 0 aliphatic heterocycles. The van der Waals surface area contributed by atoms with Gasteiger partial charge in [-0.25, -0.2) is 4.79 Å². The topological polar surface area (TPSA) is 78.7 Å². The van der Waals surface area contributed by atoms with Crippen molar-refractivity contribution in [2.24, 2.45) is 0 Å². The number of benzene rings is 1. The van der Waals surface area contributed by atoms with Gasteiger partial charge >= 0.3 is 5.97 Å². The molecule has 0 radical (unpaired) electrons. The van der Waals surface area contributed by atoms with Crippen molar-refractivity contribution in [1.29, 1.82) is 0 Å². The summed E-state index contributed by atoms with van der Waals surface area (Å²) < 4.78 is 10.2. The van der Waals surface area contributed by atoms with Gasteiger partial charge in [0, 0.05) is 6.07 Å². The minimum Gasteiger partial charge on any atom is -0.493 e. The first-order valence-corrected chi connectivity index (χ1v) is 5.69. The molecule has 0 bridgehead atoms.